The van der Waals surface area contributed by atoms with Crippen LogP contribution in [0, 0.1) is 13.8 Å². The summed E-state index contributed by atoms with van der Waals surface area (Å²) in [4.78, 5) is 11.9. The van der Waals surface area contributed by atoms with Crippen LogP contribution in [0.5, 0.6) is 0 Å². The first-order valence-electron chi connectivity index (χ1n) is 6.53. The Morgan fingerprint density at radius 3 is 2.53 bits per heavy atom. The zero-order valence-corrected chi connectivity index (χ0v) is 11.6. The lowest BCUT2D eigenvalue weighted by Gasteiger charge is -2.14. The molecule has 4 heteroatoms. The molecule has 1 aromatic heterocycles. The third-order valence-electron chi connectivity index (χ3n) is 3.42. The highest BCUT2D eigenvalue weighted by molar-refractivity contribution is 5.32. The summed E-state index contributed by atoms with van der Waals surface area (Å²) in [6.45, 7) is 6.82. The van der Waals surface area contributed by atoms with Crippen LogP contribution >= 0.6 is 0 Å². The highest BCUT2D eigenvalue weighted by Crippen LogP contribution is 2.20. The Morgan fingerprint density at radius 2 is 1.89 bits per heavy atom. The molecule has 4 nitrogen and oxygen atoms in total. The van der Waals surface area contributed by atoms with Gasteiger partial charge in [0, 0.05) is 18.9 Å². The number of nitrogens with zero attached hydrogens (tertiary/aromatic N) is 2. The first kappa shape index (κ1) is 13.6. The molecule has 19 heavy (non-hydrogen) atoms. The summed E-state index contributed by atoms with van der Waals surface area (Å²) < 4.78 is 3.17. The predicted molar refractivity (Wildman–Crippen MR) is 75.2 cm³/mol. The minimum atomic E-state index is -0.662. The number of aliphatic hydroxyl groups is 1. The van der Waals surface area contributed by atoms with Crippen LogP contribution in [0.4, 0.5) is 0 Å². The molecule has 0 radical (unpaired) electrons. The van der Waals surface area contributed by atoms with Crippen LogP contribution in [-0.2, 0) is 13.1 Å². The molecule has 2 aromatic rings. The molecule has 0 saturated heterocycles. The Bertz CT molecular complexity index is 625. The first-order chi connectivity index (χ1) is 9.02. The van der Waals surface area contributed by atoms with E-state index in [1.54, 1.807) is 21.5 Å². The lowest BCUT2D eigenvalue weighted by Crippen LogP contribution is -2.25. The third-order valence-corrected chi connectivity index (χ3v) is 3.42. The van der Waals surface area contributed by atoms with Gasteiger partial charge in [-0.3, -0.25) is 9.13 Å². The first-order valence-corrected chi connectivity index (χ1v) is 6.53. The topological polar surface area (TPSA) is 47.2 Å². The van der Waals surface area contributed by atoms with Crippen molar-refractivity contribution in [3.8, 4) is 0 Å². The largest absolute Gasteiger partial charge is 0.387 e. The Balaban J connectivity index is 2.25. The highest BCUT2D eigenvalue weighted by Gasteiger charge is 2.13. The van der Waals surface area contributed by atoms with Crippen molar-refractivity contribution >= 4 is 0 Å². The van der Waals surface area contributed by atoms with Crippen LogP contribution in [0.25, 0.3) is 0 Å². The summed E-state index contributed by atoms with van der Waals surface area (Å²) in [5, 5.41) is 10.3. The Labute approximate surface area is 112 Å². The number of hydrogen-bond donors (Lipinski definition) is 1. The molecule has 1 heterocycles. The van der Waals surface area contributed by atoms with Crippen molar-refractivity contribution in [2.24, 2.45) is 0 Å². The molecule has 2 rings (SSSR count). The second-order valence-electron chi connectivity index (χ2n) is 4.89. The van der Waals surface area contributed by atoms with Crippen LogP contribution < -0.4 is 5.69 Å². The van der Waals surface area contributed by atoms with Gasteiger partial charge < -0.3 is 5.11 Å². The Hall–Kier alpha value is -1.81. The fourth-order valence-electron chi connectivity index (χ4n) is 2.24. The standard InChI is InChI=1S/C15H20N2O2/c1-4-16-7-8-17(15(16)19)10-14(18)13-9-11(2)5-6-12(13)3/h5-9,14,18H,4,10H2,1-3H3. The monoisotopic (exact) mass is 260 g/mol. The maximum atomic E-state index is 11.9. The zero-order valence-electron chi connectivity index (χ0n) is 11.6. The van der Waals surface area contributed by atoms with E-state index in [0.29, 0.717) is 6.54 Å². The normalized spacial score (nSPS) is 12.6. The molecule has 0 bridgehead atoms. The summed E-state index contributed by atoms with van der Waals surface area (Å²) in [5.41, 5.74) is 2.96. The van der Waals surface area contributed by atoms with Crippen molar-refractivity contribution in [1.82, 2.24) is 9.13 Å². The smallest absolute Gasteiger partial charge is 0.328 e. The van der Waals surface area contributed by atoms with E-state index < -0.39 is 6.10 Å². The lowest BCUT2D eigenvalue weighted by molar-refractivity contribution is 0.154. The van der Waals surface area contributed by atoms with Crippen molar-refractivity contribution in [3.05, 3.63) is 57.8 Å². The molecule has 1 atom stereocenters. The molecule has 102 valence electrons. The van der Waals surface area contributed by atoms with Crippen LogP contribution in [0.2, 0.25) is 0 Å². The van der Waals surface area contributed by atoms with E-state index in [1.807, 2.05) is 39.0 Å². The van der Waals surface area contributed by atoms with Crippen molar-refractivity contribution < 1.29 is 5.11 Å². The quantitative estimate of drug-likeness (QED) is 0.914. The molecular weight excluding hydrogens is 240 g/mol. The number of hydrogen-bond acceptors (Lipinski definition) is 2. The summed E-state index contributed by atoms with van der Waals surface area (Å²) in [6, 6.07) is 5.99. The Morgan fingerprint density at radius 1 is 1.21 bits per heavy atom. The van der Waals surface area contributed by atoms with Gasteiger partial charge in [0.2, 0.25) is 0 Å². The number of benzene rings is 1. The predicted octanol–water partition coefficient (Wildman–Crippen LogP) is 2.02. The third kappa shape index (κ3) is 2.79. The molecule has 0 saturated carbocycles. The second-order valence-corrected chi connectivity index (χ2v) is 4.89. The molecule has 0 aliphatic rings. The number of aryl methyl sites for hydroxylation is 3. The molecular formula is C15H20N2O2. The van der Waals surface area contributed by atoms with Gasteiger partial charge in [0.1, 0.15) is 0 Å². The van der Waals surface area contributed by atoms with Gasteiger partial charge in [-0.05, 0) is 31.9 Å². The van der Waals surface area contributed by atoms with Gasteiger partial charge >= 0.3 is 5.69 Å². The molecule has 1 aromatic carbocycles. The SMILES string of the molecule is CCn1ccn(CC(O)c2cc(C)ccc2C)c1=O. The van der Waals surface area contributed by atoms with Gasteiger partial charge in [-0.1, -0.05) is 23.8 Å². The van der Waals surface area contributed by atoms with Gasteiger partial charge in [-0.2, -0.15) is 0 Å². The fourth-order valence-corrected chi connectivity index (χ4v) is 2.24. The zero-order chi connectivity index (χ0) is 14.0. The van der Waals surface area contributed by atoms with Gasteiger partial charge in [0.05, 0.1) is 12.6 Å². The number of rotatable bonds is 4. The average Bonchev–Trinajstić information content (AvgIpc) is 2.73. The number of imidazole rings is 1. The molecule has 0 aliphatic carbocycles. The molecule has 0 fully saturated rings. The lowest BCUT2D eigenvalue weighted by atomic mass is 10.0. The number of aliphatic hydroxyl groups excluding tert-OH is 1. The molecule has 0 spiro atoms. The van der Waals surface area contributed by atoms with E-state index >= 15 is 0 Å². The minimum Gasteiger partial charge on any atom is -0.387 e. The van der Waals surface area contributed by atoms with Crippen LogP contribution in [0.3, 0.4) is 0 Å². The van der Waals surface area contributed by atoms with Crippen molar-refractivity contribution in [1.29, 1.82) is 0 Å². The summed E-state index contributed by atoms with van der Waals surface area (Å²) in [6.07, 6.45) is 2.81. The van der Waals surface area contributed by atoms with Gasteiger partial charge in [0.15, 0.2) is 0 Å². The van der Waals surface area contributed by atoms with E-state index in [4.69, 9.17) is 0 Å². The highest BCUT2D eigenvalue weighted by atomic mass is 16.3. The Kier molecular flexibility index (Phi) is 3.90. The minimum absolute atomic E-state index is 0.0770. The van der Waals surface area contributed by atoms with Crippen LogP contribution in [0.1, 0.15) is 29.7 Å². The molecule has 1 N–H and O–H groups in total. The molecule has 0 aliphatic heterocycles. The summed E-state index contributed by atoms with van der Waals surface area (Å²) >= 11 is 0. The summed E-state index contributed by atoms with van der Waals surface area (Å²) in [5.74, 6) is 0. The maximum Gasteiger partial charge on any atom is 0.328 e. The average molecular weight is 260 g/mol. The van der Waals surface area contributed by atoms with Gasteiger partial charge in [0.25, 0.3) is 0 Å². The van der Waals surface area contributed by atoms with E-state index in [1.165, 1.54) is 0 Å². The fraction of sp³-hybridized carbons (Fsp3) is 0.400. The van der Waals surface area contributed by atoms with Crippen molar-refractivity contribution in [2.75, 3.05) is 0 Å². The van der Waals surface area contributed by atoms with E-state index in [-0.39, 0.29) is 12.2 Å². The van der Waals surface area contributed by atoms with E-state index in [9.17, 15) is 9.90 Å². The van der Waals surface area contributed by atoms with Crippen LogP contribution in [-0.4, -0.2) is 14.2 Å². The summed E-state index contributed by atoms with van der Waals surface area (Å²) in [7, 11) is 0. The maximum absolute atomic E-state index is 11.9. The second kappa shape index (κ2) is 5.45. The molecule has 0 amide bonds. The van der Waals surface area contributed by atoms with Gasteiger partial charge in [-0.15, -0.1) is 0 Å². The van der Waals surface area contributed by atoms with Crippen LogP contribution in [0.15, 0.2) is 35.4 Å². The van der Waals surface area contributed by atoms with Gasteiger partial charge in [-0.25, -0.2) is 4.79 Å². The number of aromatic nitrogens is 2. The van der Waals surface area contributed by atoms with E-state index in [0.717, 1.165) is 16.7 Å². The molecule has 1 unspecified atom stereocenters. The van der Waals surface area contributed by atoms with E-state index in [2.05, 4.69) is 0 Å². The van der Waals surface area contributed by atoms with Crippen molar-refractivity contribution in [2.45, 2.75) is 40.0 Å². The van der Waals surface area contributed by atoms with Crippen molar-refractivity contribution in [3.63, 3.8) is 0 Å².